The number of benzene rings is 1. The minimum absolute atomic E-state index is 0.0986. The molecule has 1 rings (SSSR count). The molecule has 0 saturated carbocycles. The maximum atomic E-state index is 11.6. The Morgan fingerprint density at radius 1 is 1.39 bits per heavy atom. The third kappa shape index (κ3) is 4.90. The van der Waals surface area contributed by atoms with Crippen LogP contribution >= 0.6 is 0 Å². The predicted octanol–water partition coefficient (Wildman–Crippen LogP) is 2.18. The van der Waals surface area contributed by atoms with E-state index in [4.69, 9.17) is 10.1 Å². The monoisotopic (exact) mass is 313 g/mol. The zero-order valence-electron chi connectivity index (χ0n) is 10.4. The Labute approximate surface area is 116 Å². The molecule has 0 heterocycles. The van der Waals surface area contributed by atoms with Crippen molar-refractivity contribution in [2.75, 3.05) is 13.2 Å². The van der Waals surface area contributed by atoms with Gasteiger partial charge in [0.05, 0.1) is 0 Å². The van der Waals surface area contributed by atoms with Crippen molar-refractivity contribution < 1.29 is 9.53 Å². The van der Waals surface area contributed by atoms with Crippen molar-refractivity contribution in [1.29, 1.82) is 5.41 Å². The topological polar surface area (TPSA) is 53.4 Å². The van der Waals surface area contributed by atoms with E-state index in [1.807, 2.05) is 18.2 Å². The first kappa shape index (κ1) is 14.7. The van der Waals surface area contributed by atoms with Crippen LogP contribution in [0.2, 0.25) is 0 Å². The second-order valence-corrected chi connectivity index (χ2v) is 4.56. The number of amidine groups is 1. The van der Waals surface area contributed by atoms with Crippen LogP contribution in [-0.2, 0) is 11.2 Å². The summed E-state index contributed by atoms with van der Waals surface area (Å²) in [5.41, 5.74) is 1.23. The van der Waals surface area contributed by atoms with Crippen molar-refractivity contribution in [1.82, 2.24) is 4.90 Å². The summed E-state index contributed by atoms with van der Waals surface area (Å²) in [6.45, 7) is 2.56. The van der Waals surface area contributed by atoms with E-state index in [9.17, 15) is 4.79 Å². The van der Waals surface area contributed by atoms with E-state index in [1.54, 1.807) is 6.92 Å². The first-order chi connectivity index (χ1) is 8.65. The zero-order valence-corrected chi connectivity index (χ0v) is 12.1. The Morgan fingerprint density at radius 3 is 2.61 bits per heavy atom. The average Bonchev–Trinajstić information content (AvgIpc) is 2.35. The molecule has 1 aromatic carbocycles. The van der Waals surface area contributed by atoms with Gasteiger partial charge >= 0.3 is 115 Å². The molecule has 0 aliphatic rings. The van der Waals surface area contributed by atoms with Gasteiger partial charge in [-0.05, 0) is 0 Å². The molecular weight excluding hydrogens is 295 g/mol. The molecule has 1 aromatic rings. The van der Waals surface area contributed by atoms with Crippen LogP contribution in [0.15, 0.2) is 30.3 Å². The molecule has 97 valence electrons. The van der Waals surface area contributed by atoms with Gasteiger partial charge in [-0.15, -0.1) is 0 Å². The molecule has 0 aromatic heterocycles. The van der Waals surface area contributed by atoms with Crippen molar-refractivity contribution in [2.45, 2.75) is 19.8 Å². The van der Waals surface area contributed by atoms with Crippen LogP contribution in [0, 0.1) is 5.41 Å². The van der Waals surface area contributed by atoms with Gasteiger partial charge in [-0.3, -0.25) is 0 Å². The fourth-order valence-electron chi connectivity index (χ4n) is 1.56. The molecule has 18 heavy (non-hydrogen) atoms. The van der Waals surface area contributed by atoms with Gasteiger partial charge in [0.15, 0.2) is 0 Å². The molecule has 0 aliphatic heterocycles. The fraction of sp³-hybridized carbons (Fsp3) is 0.385. The van der Waals surface area contributed by atoms with Crippen LogP contribution in [0.5, 0.6) is 0 Å². The van der Waals surface area contributed by atoms with E-state index in [0.717, 1.165) is 12.8 Å². The Bertz CT molecular complexity index is 395. The number of amides is 1. The summed E-state index contributed by atoms with van der Waals surface area (Å²) in [7, 11) is 0. The van der Waals surface area contributed by atoms with E-state index < -0.39 is 6.09 Å². The summed E-state index contributed by atoms with van der Waals surface area (Å²) in [5, 5.41) is 7.51. The molecule has 1 N–H and O–H groups in total. The van der Waals surface area contributed by atoms with Gasteiger partial charge in [-0.1, -0.05) is 0 Å². The third-order valence-corrected chi connectivity index (χ3v) is 2.89. The van der Waals surface area contributed by atoms with E-state index in [-0.39, 0.29) is 4.73 Å². The summed E-state index contributed by atoms with van der Waals surface area (Å²) >= 11 is 2.54. The van der Waals surface area contributed by atoms with Gasteiger partial charge in [0.1, 0.15) is 0 Å². The van der Waals surface area contributed by atoms with Crippen LogP contribution < -0.4 is 0 Å². The quantitative estimate of drug-likeness (QED) is 0.515. The standard InChI is InChI=1S/C13H17N2O2Se/c1-2-17-13(16)15(12(14)18)10-6-9-11-7-4-3-5-8-11/h3-5,7-8,14H,2,6,9-10H2,1H3. The Balaban J connectivity index is 2.43. The number of nitrogens with zero attached hydrogens (tertiary/aromatic N) is 1. The Morgan fingerprint density at radius 2 is 2.06 bits per heavy atom. The molecule has 1 radical (unpaired) electrons. The van der Waals surface area contributed by atoms with E-state index in [0.29, 0.717) is 13.2 Å². The van der Waals surface area contributed by atoms with Gasteiger partial charge < -0.3 is 0 Å². The molecule has 0 saturated heterocycles. The number of carbonyl (C=O) groups is 1. The molecule has 0 aliphatic carbocycles. The van der Waals surface area contributed by atoms with E-state index in [2.05, 4.69) is 28.1 Å². The van der Waals surface area contributed by atoms with E-state index in [1.165, 1.54) is 10.5 Å². The molecule has 0 fully saturated rings. The summed E-state index contributed by atoms with van der Waals surface area (Å²) in [6.07, 6.45) is 1.21. The number of hydrogen-bond donors (Lipinski definition) is 1. The average molecular weight is 312 g/mol. The normalized spacial score (nSPS) is 9.83. The van der Waals surface area contributed by atoms with Crippen molar-refractivity contribution >= 4 is 26.8 Å². The van der Waals surface area contributed by atoms with Crippen molar-refractivity contribution in [3.8, 4) is 0 Å². The predicted molar refractivity (Wildman–Crippen MR) is 72.0 cm³/mol. The summed E-state index contributed by atoms with van der Waals surface area (Å²) in [5.74, 6) is 0. The Kier molecular flexibility index (Phi) is 6.47. The molecule has 0 spiro atoms. The summed E-state index contributed by atoms with van der Waals surface area (Å²) in [6, 6.07) is 10.1. The van der Waals surface area contributed by atoms with Gasteiger partial charge in [-0.25, -0.2) is 0 Å². The maximum absolute atomic E-state index is 11.6. The summed E-state index contributed by atoms with van der Waals surface area (Å²) < 4.78 is 4.99. The van der Waals surface area contributed by atoms with Crippen LogP contribution in [0.4, 0.5) is 4.79 Å². The first-order valence-electron chi connectivity index (χ1n) is 5.89. The van der Waals surface area contributed by atoms with Crippen LogP contribution in [0.25, 0.3) is 0 Å². The van der Waals surface area contributed by atoms with Gasteiger partial charge in [-0.2, -0.15) is 0 Å². The van der Waals surface area contributed by atoms with Gasteiger partial charge in [0.25, 0.3) is 0 Å². The molecule has 0 atom stereocenters. The second kappa shape index (κ2) is 7.90. The number of carbonyl (C=O) groups excluding carboxylic acids is 1. The number of ether oxygens (including phenoxy) is 1. The van der Waals surface area contributed by atoms with Crippen molar-refractivity contribution in [3.63, 3.8) is 0 Å². The Hall–Kier alpha value is -1.32. The second-order valence-electron chi connectivity index (χ2n) is 3.74. The summed E-state index contributed by atoms with van der Waals surface area (Å²) in [4.78, 5) is 12.9. The molecule has 5 heteroatoms. The van der Waals surface area contributed by atoms with Crippen LogP contribution in [0.3, 0.4) is 0 Å². The van der Waals surface area contributed by atoms with Crippen LogP contribution in [0.1, 0.15) is 18.9 Å². The zero-order chi connectivity index (χ0) is 13.4. The fourth-order valence-corrected chi connectivity index (χ4v) is 1.91. The van der Waals surface area contributed by atoms with E-state index >= 15 is 0 Å². The SMILES string of the molecule is CCOC(=O)N(CCCc1ccccc1)C(=N)[Se]. The molecule has 1 amide bonds. The van der Waals surface area contributed by atoms with Gasteiger partial charge in [0.2, 0.25) is 0 Å². The first-order valence-corrected chi connectivity index (χ1v) is 6.74. The molecule has 4 nitrogen and oxygen atoms in total. The molecule has 0 bridgehead atoms. The van der Waals surface area contributed by atoms with Crippen LogP contribution in [-0.4, -0.2) is 44.9 Å². The number of aryl methyl sites for hydroxylation is 1. The number of hydrogen-bond acceptors (Lipinski definition) is 3. The van der Waals surface area contributed by atoms with Crippen molar-refractivity contribution in [2.24, 2.45) is 0 Å². The minimum atomic E-state index is -0.464. The number of nitrogens with one attached hydrogen (secondary N) is 1. The third-order valence-electron chi connectivity index (χ3n) is 2.42. The molecule has 0 unspecified atom stereocenters. The van der Waals surface area contributed by atoms with Gasteiger partial charge in [0, 0.05) is 0 Å². The van der Waals surface area contributed by atoms with Crippen molar-refractivity contribution in [3.05, 3.63) is 35.9 Å². The molecular formula is C13H17N2O2Se. The number of rotatable bonds is 5.